The quantitative estimate of drug-likeness (QED) is 0.228. The van der Waals surface area contributed by atoms with Gasteiger partial charge < -0.3 is 0 Å². The molecule has 0 N–H and O–H groups in total. The van der Waals surface area contributed by atoms with E-state index in [0.717, 1.165) is 44.8 Å². The number of nitrogens with zero attached hydrogens (tertiary/aromatic N) is 3. The second-order valence-corrected chi connectivity index (χ2v) is 9.63. The molecule has 0 aliphatic rings. The van der Waals surface area contributed by atoms with Crippen LogP contribution in [0, 0.1) is 11.3 Å². The summed E-state index contributed by atoms with van der Waals surface area (Å²) < 4.78 is 0. The van der Waals surface area contributed by atoms with Gasteiger partial charge in [-0.05, 0) is 46.5 Å². The van der Waals surface area contributed by atoms with E-state index in [1.807, 2.05) is 91.0 Å². The Balaban J connectivity index is 1.40. The van der Waals surface area contributed by atoms with Crippen LogP contribution in [0.1, 0.15) is 5.56 Å². The van der Waals surface area contributed by atoms with Crippen LogP contribution in [-0.2, 0) is 0 Å². The minimum Gasteiger partial charge on any atom is -0.228 e. The lowest BCUT2D eigenvalue weighted by Gasteiger charge is -2.11. The Labute approximate surface area is 232 Å². The third kappa shape index (κ3) is 5.33. The third-order valence-corrected chi connectivity index (χ3v) is 6.81. The zero-order valence-corrected chi connectivity index (χ0v) is 21.7. The molecule has 39 heavy (non-hydrogen) atoms. The highest BCUT2D eigenvalue weighted by Gasteiger charge is 2.12. The SMILES string of the molecule is N#Cc1cc(Cl)cc(-c2ccc(-c3cc(-c4ccc(-c5ccccc5)cc4)nc(-c4ccccc4)n3)cc2)c1. The normalized spacial score (nSPS) is 10.7. The molecule has 0 aliphatic heterocycles. The third-order valence-electron chi connectivity index (χ3n) is 6.59. The fourth-order valence-electron chi connectivity index (χ4n) is 4.58. The van der Waals surface area contributed by atoms with Crippen molar-refractivity contribution in [3.63, 3.8) is 0 Å². The van der Waals surface area contributed by atoms with E-state index >= 15 is 0 Å². The summed E-state index contributed by atoms with van der Waals surface area (Å²) in [7, 11) is 0. The second kappa shape index (κ2) is 10.8. The monoisotopic (exact) mass is 519 g/mol. The molecule has 0 spiro atoms. The molecule has 0 bridgehead atoms. The van der Waals surface area contributed by atoms with E-state index in [0.29, 0.717) is 16.4 Å². The number of nitriles is 1. The van der Waals surface area contributed by atoms with Crippen molar-refractivity contribution in [3.8, 4) is 62.2 Å². The van der Waals surface area contributed by atoms with Crippen molar-refractivity contribution in [1.29, 1.82) is 5.26 Å². The molecule has 1 aromatic heterocycles. The largest absolute Gasteiger partial charge is 0.228 e. The second-order valence-electron chi connectivity index (χ2n) is 9.19. The zero-order chi connectivity index (χ0) is 26.6. The van der Waals surface area contributed by atoms with Crippen molar-refractivity contribution in [1.82, 2.24) is 9.97 Å². The first kappa shape index (κ1) is 24.3. The number of aromatic nitrogens is 2. The van der Waals surface area contributed by atoms with Crippen LogP contribution in [0.3, 0.4) is 0 Å². The van der Waals surface area contributed by atoms with Crippen LogP contribution in [-0.4, -0.2) is 9.97 Å². The van der Waals surface area contributed by atoms with Crippen LogP contribution in [0.15, 0.2) is 133 Å². The topological polar surface area (TPSA) is 49.6 Å². The first-order valence-corrected chi connectivity index (χ1v) is 13.0. The highest BCUT2D eigenvalue weighted by atomic mass is 35.5. The molecule has 3 nitrogen and oxygen atoms in total. The molecule has 0 saturated carbocycles. The van der Waals surface area contributed by atoms with Gasteiger partial charge in [0, 0.05) is 21.7 Å². The van der Waals surface area contributed by atoms with Crippen molar-refractivity contribution in [2.45, 2.75) is 0 Å². The number of rotatable bonds is 5. The molecule has 184 valence electrons. The summed E-state index contributed by atoms with van der Waals surface area (Å²) in [6.45, 7) is 0. The molecule has 0 saturated heterocycles. The summed E-state index contributed by atoms with van der Waals surface area (Å²) in [4.78, 5) is 9.87. The van der Waals surface area contributed by atoms with Crippen molar-refractivity contribution >= 4 is 11.6 Å². The zero-order valence-electron chi connectivity index (χ0n) is 20.9. The van der Waals surface area contributed by atoms with Crippen molar-refractivity contribution < 1.29 is 0 Å². The molecule has 6 aromatic rings. The van der Waals surface area contributed by atoms with Crippen molar-refractivity contribution in [3.05, 3.63) is 144 Å². The molecule has 0 fully saturated rings. The van der Waals surface area contributed by atoms with Gasteiger partial charge in [0.2, 0.25) is 0 Å². The van der Waals surface area contributed by atoms with E-state index in [-0.39, 0.29) is 0 Å². The van der Waals surface area contributed by atoms with Gasteiger partial charge in [-0.2, -0.15) is 5.26 Å². The summed E-state index contributed by atoms with van der Waals surface area (Å²) in [5.41, 5.74) is 9.40. The average Bonchev–Trinajstić information content (AvgIpc) is 3.01. The first-order chi connectivity index (χ1) is 19.2. The Morgan fingerprint density at radius 3 is 1.46 bits per heavy atom. The Morgan fingerprint density at radius 1 is 0.462 bits per heavy atom. The van der Waals surface area contributed by atoms with E-state index < -0.39 is 0 Å². The van der Waals surface area contributed by atoms with Gasteiger partial charge in [0.1, 0.15) is 0 Å². The Kier molecular flexibility index (Phi) is 6.70. The van der Waals surface area contributed by atoms with Gasteiger partial charge in [-0.25, -0.2) is 9.97 Å². The average molecular weight is 520 g/mol. The minimum absolute atomic E-state index is 0.535. The van der Waals surface area contributed by atoms with E-state index in [2.05, 4.69) is 42.5 Å². The fraction of sp³-hybridized carbons (Fsp3) is 0. The molecule has 4 heteroatoms. The van der Waals surface area contributed by atoms with Crippen LogP contribution in [0.5, 0.6) is 0 Å². The van der Waals surface area contributed by atoms with E-state index in [4.69, 9.17) is 21.6 Å². The number of hydrogen-bond donors (Lipinski definition) is 0. The van der Waals surface area contributed by atoms with E-state index in [1.165, 1.54) is 5.56 Å². The van der Waals surface area contributed by atoms with E-state index in [1.54, 1.807) is 6.07 Å². The molecular weight excluding hydrogens is 498 g/mol. The van der Waals surface area contributed by atoms with E-state index in [9.17, 15) is 5.26 Å². The smallest absolute Gasteiger partial charge is 0.160 e. The Hall–Kier alpha value is -5.04. The lowest BCUT2D eigenvalue weighted by atomic mass is 9.99. The first-order valence-electron chi connectivity index (χ1n) is 12.6. The molecule has 1 heterocycles. The van der Waals surface area contributed by atoms with Gasteiger partial charge >= 0.3 is 0 Å². The highest BCUT2D eigenvalue weighted by Crippen LogP contribution is 2.31. The van der Waals surface area contributed by atoms with Gasteiger partial charge in [0.05, 0.1) is 23.0 Å². The van der Waals surface area contributed by atoms with Gasteiger partial charge in [0.15, 0.2) is 5.82 Å². The molecule has 5 aromatic carbocycles. The Bertz CT molecular complexity index is 1790. The molecule has 0 radical (unpaired) electrons. The lowest BCUT2D eigenvalue weighted by molar-refractivity contribution is 1.18. The van der Waals surface area contributed by atoms with Gasteiger partial charge in [0.25, 0.3) is 0 Å². The lowest BCUT2D eigenvalue weighted by Crippen LogP contribution is -1.96. The fourth-order valence-corrected chi connectivity index (χ4v) is 4.81. The highest BCUT2D eigenvalue weighted by molar-refractivity contribution is 6.31. The number of benzene rings is 5. The van der Waals surface area contributed by atoms with Crippen molar-refractivity contribution in [2.75, 3.05) is 0 Å². The summed E-state index contributed by atoms with van der Waals surface area (Å²) in [6.07, 6.45) is 0. The van der Waals surface area contributed by atoms with Crippen LogP contribution >= 0.6 is 11.6 Å². The number of halogens is 1. The van der Waals surface area contributed by atoms with Gasteiger partial charge in [-0.1, -0.05) is 121 Å². The van der Waals surface area contributed by atoms with Crippen LogP contribution in [0.25, 0.3) is 56.2 Å². The van der Waals surface area contributed by atoms with Gasteiger partial charge in [-0.3, -0.25) is 0 Å². The molecule has 6 rings (SSSR count). The summed E-state index contributed by atoms with van der Waals surface area (Å²) in [5, 5.41) is 9.86. The maximum atomic E-state index is 9.32. The Morgan fingerprint density at radius 2 is 0.923 bits per heavy atom. The molecule has 0 aliphatic carbocycles. The van der Waals surface area contributed by atoms with Crippen molar-refractivity contribution in [2.24, 2.45) is 0 Å². The number of hydrogen-bond acceptors (Lipinski definition) is 3. The maximum Gasteiger partial charge on any atom is 0.160 e. The summed E-state index contributed by atoms with van der Waals surface area (Å²) >= 11 is 6.23. The standard InChI is InChI=1S/C35H22ClN3/c36-32-20-24(23-37)19-31(21-32)27-13-17-29(18-14-27)34-22-33(38-35(39-34)30-9-5-2-6-10-30)28-15-11-26(12-16-28)25-7-3-1-4-8-25/h1-22H. The molecular formula is C35H22ClN3. The molecule has 0 amide bonds. The predicted molar refractivity (Wildman–Crippen MR) is 159 cm³/mol. The molecule has 0 atom stereocenters. The van der Waals surface area contributed by atoms with Crippen LogP contribution < -0.4 is 0 Å². The molecule has 0 unspecified atom stereocenters. The predicted octanol–water partition coefficient (Wildman–Crippen LogP) is 9.34. The van der Waals surface area contributed by atoms with Crippen LogP contribution in [0.2, 0.25) is 5.02 Å². The summed E-state index contributed by atoms with van der Waals surface area (Å²) in [6, 6.07) is 46.6. The minimum atomic E-state index is 0.535. The summed E-state index contributed by atoms with van der Waals surface area (Å²) in [5.74, 6) is 0.674. The van der Waals surface area contributed by atoms with Crippen LogP contribution in [0.4, 0.5) is 0 Å². The van der Waals surface area contributed by atoms with Gasteiger partial charge in [-0.15, -0.1) is 0 Å². The maximum absolute atomic E-state index is 9.32.